The number of nitrogens with zero attached hydrogens (tertiary/aromatic N) is 4. The van der Waals surface area contributed by atoms with Crippen molar-refractivity contribution in [3.05, 3.63) is 11.7 Å². The second-order valence-electron chi connectivity index (χ2n) is 6.58. The highest BCUT2D eigenvalue weighted by molar-refractivity contribution is 5.85. The summed E-state index contributed by atoms with van der Waals surface area (Å²) in [7, 11) is 2.04. The van der Waals surface area contributed by atoms with Gasteiger partial charge in [-0.3, -0.25) is 9.69 Å². The Balaban J connectivity index is 0.00000264. The highest BCUT2D eigenvalue weighted by atomic mass is 35.5. The Morgan fingerprint density at radius 3 is 2.62 bits per heavy atom. The first-order chi connectivity index (χ1) is 10.4. The van der Waals surface area contributed by atoms with Gasteiger partial charge in [-0.15, -0.1) is 24.8 Å². The topological polar surface area (TPSA) is 88.5 Å². The number of rotatable bonds is 6. The lowest BCUT2D eigenvalue weighted by atomic mass is 10.2. The maximum absolute atomic E-state index is 12.0. The highest BCUT2D eigenvalue weighted by Crippen LogP contribution is 2.18. The van der Waals surface area contributed by atoms with Crippen LogP contribution in [0.3, 0.4) is 0 Å². The predicted octanol–water partition coefficient (Wildman–Crippen LogP) is 1.81. The minimum atomic E-state index is -0.0851. The molecule has 0 saturated carbocycles. The summed E-state index contributed by atoms with van der Waals surface area (Å²) in [6, 6.07) is 0.246. The number of nitrogens with two attached hydrogens (primary N) is 1. The molecule has 1 saturated heterocycles. The van der Waals surface area contributed by atoms with Gasteiger partial charge in [0.2, 0.25) is 11.8 Å². The van der Waals surface area contributed by atoms with Gasteiger partial charge in [0.05, 0.1) is 6.54 Å². The molecule has 0 aliphatic carbocycles. The number of hydrogen-bond donors (Lipinski definition) is 1. The third kappa shape index (κ3) is 6.20. The van der Waals surface area contributed by atoms with Gasteiger partial charge in [-0.1, -0.05) is 19.0 Å². The van der Waals surface area contributed by atoms with Crippen molar-refractivity contribution in [1.29, 1.82) is 0 Å². The maximum Gasteiger partial charge on any atom is 0.229 e. The van der Waals surface area contributed by atoms with Crippen LogP contribution in [0, 0.1) is 0 Å². The summed E-state index contributed by atoms with van der Waals surface area (Å²) >= 11 is 0. The molecule has 24 heavy (non-hydrogen) atoms. The summed E-state index contributed by atoms with van der Waals surface area (Å²) in [4.78, 5) is 20.5. The molecule has 1 aromatic heterocycles. The molecule has 2 N–H and O–H groups in total. The molecule has 0 spiro atoms. The Kier molecular flexibility index (Phi) is 9.80. The van der Waals surface area contributed by atoms with Gasteiger partial charge >= 0.3 is 0 Å². The van der Waals surface area contributed by atoms with E-state index in [1.807, 2.05) is 32.7 Å². The van der Waals surface area contributed by atoms with Crippen molar-refractivity contribution in [2.24, 2.45) is 5.73 Å². The van der Waals surface area contributed by atoms with Crippen LogP contribution < -0.4 is 5.73 Å². The lowest BCUT2D eigenvalue weighted by molar-refractivity contribution is -0.130. The first-order valence-electron chi connectivity index (χ1n) is 7.93. The molecule has 0 aromatic carbocycles. The van der Waals surface area contributed by atoms with Crippen LogP contribution in [0.15, 0.2) is 4.52 Å². The van der Waals surface area contributed by atoms with Crippen molar-refractivity contribution >= 4 is 30.7 Å². The van der Waals surface area contributed by atoms with Crippen molar-refractivity contribution in [2.45, 2.75) is 58.2 Å². The lowest BCUT2D eigenvalue weighted by Gasteiger charge is -2.23. The van der Waals surface area contributed by atoms with Crippen LogP contribution >= 0.6 is 24.8 Å². The Morgan fingerprint density at radius 2 is 2.08 bits per heavy atom. The molecule has 1 aromatic rings. The summed E-state index contributed by atoms with van der Waals surface area (Å²) in [5, 5.41) is 4.02. The molecule has 1 amide bonds. The van der Waals surface area contributed by atoms with Crippen LogP contribution in [-0.4, -0.2) is 58.1 Å². The van der Waals surface area contributed by atoms with Gasteiger partial charge in [0, 0.05) is 37.5 Å². The highest BCUT2D eigenvalue weighted by Gasteiger charge is 2.29. The van der Waals surface area contributed by atoms with Crippen LogP contribution in [0.5, 0.6) is 0 Å². The van der Waals surface area contributed by atoms with Crippen LogP contribution in [0.25, 0.3) is 0 Å². The van der Waals surface area contributed by atoms with Gasteiger partial charge in [-0.25, -0.2) is 0 Å². The number of likely N-dealkylation sites (tertiary alicyclic amines) is 1. The predicted molar refractivity (Wildman–Crippen MR) is 97.6 cm³/mol. The van der Waals surface area contributed by atoms with Crippen molar-refractivity contribution in [1.82, 2.24) is 19.9 Å². The van der Waals surface area contributed by atoms with Gasteiger partial charge in [-0.2, -0.15) is 4.98 Å². The second-order valence-corrected chi connectivity index (χ2v) is 6.58. The zero-order valence-corrected chi connectivity index (χ0v) is 16.4. The monoisotopic (exact) mass is 381 g/mol. The molecule has 0 bridgehead atoms. The van der Waals surface area contributed by atoms with E-state index in [1.54, 1.807) is 0 Å². The Bertz CT molecular complexity index is 510. The summed E-state index contributed by atoms with van der Waals surface area (Å²) in [6.07, 6.45) is 1.38. The van der Waals surface area contributed by atoms with E-state index in [0.29, 0.717) is 30.7 Å². The van der Waals surface area contributed by atoms with E-state index < -0.39 is 0 Å². The molecule has 2 unspecified atom stereocenters. The van der Waals surface area contributed by atoms with Gasteiger partial charge in [0.15, 0.2) is 5.82 Å². The summed E-state index contributed by atoms with van der Waals surface area (Å²) in [5.41, 5.74) is 5.70. The third-order valence-electron chi connectivity index (χ3n) is 4.00. The molecule has 2 rings (SSSR count). The van der Waals surface area contributed by atoms with Gasteiger partial charge in [-0.05, 0) is 20.4 Å². The average molecular weight is 382 g/mol. The first-order valence-corrected chi connectivity index (χ1v) is 7.93. The van der Waals surface area contributed by atoms with E-state index in [9.17, 15) is 4.79 Å². The van der Waals surface area contributed by atoms with E-state index in [4.69, 9.17) is 10.3 Å². The Labute approximate surface area is 156 Å². The zero-order valence-electron chi connectivity index (χ0n) is 14.8. The number of hydrogen-bond acceptors (Lipinski definition) is 6. The van der Waals surface area contributed by atoms with Gasteiger partial charge < -0.3 is 15.2 Å². The van der Waals surface area contributed by atoms with E-state index >= 15 is 0 Å². The average Bonchev–Trinajstić information content (AvgIpc) is 3.06. The van der Waals surface area contributed by atoms with Crippen LogP contribution in [0.1, 0.15) is 51.2 Å². The van der Waals surface area contributed by atoms with Crippen LogP contribution in [0.2, 0.25) is 0 Å². The zero-order chi connectivity index (χ0) is 16.3. The fraction of sp³-hybridized carbons (Fsp3) is 0.800. The molecule has 140 valence electrons. The molecule has 1 aliphatic heterocycles. The molecule has 2 atom stereocenters. The smallest absolute Gasteiger partial charge is 0.229 e. The van der Waals surface area contributed by atoms with Crippen LogP contribution in [0.4, 0.5) is 0 Å². The minimum absolute atomic E-state index is 0. The van der Waals surface area contributed by atoms with Crippen molar-refractivity contribution < 1.29 is 9.32 Å². The molecule has 2 heterocycles. The lowest BCUT2D eigenvalue weighted by Crippen LogP contribution is -2.37. The summed E-state index contributed by atoms with van der Waals surface area (Å²) in [6.45, 7) is 8.09. The fourth-order valence-electron chi connectivity index (χ4n) is 2.65. The molecular formula is C15H29Cl2N5O2. The normalized spacial score (nSPS) is 18.5. The molecule has 7 nitrogen and oxygen atoms in total. The van der Waals surface area contributed by atoms with Crippen molar-refractivity contribution in [2.75, 3.05) is 20.1 Å². The minimum Gasteiger partial charge on any atom is -0.341 e. The van der Waals surface area contributed by atoms with Crippen LogP contribution in [-0.2, 0) is 11.3 Å². The molecule has 1 aliphatic rings. The maximum atomic E-state index is 12.0. The second kappa shape index (κ2) is 10.2. The Hall–Kier alpha value is -0.890. The number of likely N-dealkylation sites (N-methyl/N-ethyl adjacent to an activating group) is 1. The van der Waals surface area contributed by atoms with Crippen molar-refractivity contribution in [3.8, 4) is 0 Å². The molecular weight excluding hydrogens is 353 g/mol. The van der Waals surface area contributed by atoms with E-state index in [-0.39, 0.29) is 42.7 Å². The summed E-state index contributed by atoms with van der Waals surface area (Å²) < 4.78 is 5.23. The number of amides is 1. The van der Waals surface area contributed by atoms with E-state index in [0.717, 1.165) is 19.5 Å². The van der Waals surface area contributed by atoms with E-state index in [1.165, 1.54) is 0 Å². The Morgan fingerprint density at radius 1 is 1.42 bits per heavy atom. The fourth-order valence-corrected chi connectivity index (χ4v) is 2.65. The van der Waals surface area contributed by atoms with Gasteiger partial charge in [0.1, 0.15) is 0 Å². The number of carbonyl (C=O) groups is 1. The number of carbonyl (C=O) groups excluding carboxylic acids is 1. The quantitative estimate of drug-likeness (QED) is 0.807. The summed E-state index contributed by atoms with van der Waals surface area (Å²) in [5.74, 6) is 1.76. The first kappa shape index (κ1) is 23.1. The van der Waals surface area contributed by atoms with Gasteiger partial charge in [0.25, 0.3) is 0 Å². The largest absolute Gasteiger partial charge is 0.341 e. The SMILES string of the molecule is CC(N)CC(=O)N1CCC(N(C)Cc2noc(C(C)C)n2)C1.Cl.Cl. The molecule has 0 radical (unpaired) electrons. The number of halogens is 2. The third-order valence-corrected chi connectivity index (χ3v) is 4.00. The molecule has 1 fully saturated rings. The number of aromatic nitrogens is 2. The van der Waals surface area contributed by atoms with E-state index in [2.05, 4.69) is 15.0 Å². The van der Waals surface area contributed by atoms with Crippen molar-refractivity contribution in [3.63, 3.8) is 0 Å². The standard InChI is InChI=1S/C15H27N5O2.2ClH/c1-10(2)15-17-13(18-22-15)9-19(4)12-5-6-20(8-12)14(21)7-11(3)16;;/h10-12H,5-9,16H2,1-4H3;2*1H. The molecule has 9 heteroatoms.